The molecule has 2 amide bonds. The maximum absolute atomic E-state index is 13.7. The van der Waals surface area contributed by atoms with Crippen molar-refractivity contribution in [3.8, 4) is 5.75 Å². The number of hydrogen-bond acceptors (Lipinski definition) is 3. The standard InChI is InChI=1S/C26H29N3O3/c1-4-16(3)28-15-23(30)29-21(26(28)31)14-19-17-10-6-8-12-20(17)27-24(19)25(29)18-11-7-9-13-22(18)32-5-2/h6-13,16,21,25,27H,4-5,14-15H2,1-3H3/t16-,21-,25-/m0/s1. The largest absolute Gasteiger partial charge is 0.494 e. The summed E-state index contributed by atoms with van der Waals surface area (Å²) in [5, 5.41) is 1.11. The van der Waals surface area contributed by atoms with Crippen LogP contribution in [0.1, 0.15) is 50.1 Å². The van der Waals surface area contributed by atoms with Crippen molar-refractivity contribution >= 4 is 22.7 Å². The minimum Gasteiger partial charge on any atom is -0.494 e. The van der Waals surface area contributed by atoms with Gasteiger partial charge in [-0.3, -0.25) is 9.59 Å². The van der Waals surface area contributed by atoms with Gasteiger partial charge in [-0.1, -0.05) is 43.3 Å². The summed E-state index contributed by atoms with van der Waals surface area (Å²) in [5.41, 5.74) is 4.03. The molecule has 32 heavy (non-hydrogen) atoms. The fraction of sp³-hybridized carbons (Fsp3) is 0.385. The van der Waals surface area contributed by atoms with Crippen molar-refractivity contribution in [1.82, 2.24) is 14.8 Å². The summed E-state index contributed by atoms with van der Waals surface area (Å²) in [6.45, 7) is 6.67. The zero-order chi connectivity index (χ0) is 22.4. The van der Waals surface area contributed by atoms with Crippen molar-refractivity contribution in [3.63, 3.8) is 0 Å². The molecule has 6 nitrogen and oxygen atoms in total. The lowest BCUT2D eigenvalue weighted by atomic mass is 9.85. The average molecular weight is 432 g/mol. The maximum Gasteiger partial charge on any atom is 0.246 e. The van der Waals surface area contributed by atoms with Crippen LogP contribution in [0.25, 0.3) is 10.9 Å². The summed E-state index contributed by atoms with van der Waals surface area (Å²) in [4.78, 5) is 34.3. The molecular weight excluding hydrogens is 402 g/mol. The minimum atomic E-state index is -0.517. The summed E-state index contributed by atoms with van der Waals surface area (Å²) >= 11 is 0. The molecule has 2 aliphatic rings. The van der Waals surface area contributed by atoms with Crippen LogP contribution in [-0.4, -0.2) is 51.8 Å². The van der Waals surface area contributed by atoms with Gasteiger partial charge in [-0.05, 0) is 38.0 Å². The number of piperazine rings is 1. The Morgan fingerprint density at radius 2 is 1.84 bits per heavy atom. The van der Waals surface area contributed by atoms with Gasteiger partial charge >= 0.3 is 0 Å². The number of aromatic nitrogens is 1. The molecule has 166 valence electrons. The molecule has 1 aromatic heterocycles. The molecule has 0 saturated carbocycles. The molecule has 0 aliphatic carbocycles. The molecule has 1 N–H and O–H groups in total. The molecule has 2 aromatic carbocycles. The SMILES string of the molecule is CCOc1ccccc1[C@H]1c2[nH]c3ccccc3c2C[C@H]2C(=O)N([C@@H](C)CC)CC(=O)N12. The van der Waals surface area contributed by atoms with Crippen LogP contribution in [0.4, 0.5) is 0 Å². The van der Waals surface area contributed by atoms with E-state index in [1.54, 1.807) is 9.80 Å². The lowest BCUT2D eigenvalue weighted by molar-refractivity contribution is -0.160. The Kier molecular flexibility index (Phi) is 5.16. The van der Waals surface area contributed by atoms with E-state index >= 15 is 0 Å². The third-order valence-electron chi connectivity index (χ3n) is 6.93. The smallest absolute Gasteiger partial charge is 0.246 e. The van der Waals surface area contributed by atoms with Crippen LogP contribution in [0.15, 0.2) is 48.5 Å². The first-order valence-corrected chi connectivity index (χ1v) is 11.5. The third-order valence-corrected chi connectivity index (χ3v) is 6.93. The highest BCUT2D eigenvalue weighted by Crippen LogP contribution is 2.45. The number of H-pyrrole nitrogens is 1. The van der Waals surface area contributed by atoms with E-state index in [-0.39, 0.29) is 24.4 Å². The highest BCUT2D eigenvalue weighted by molar-refractivity contribution is 5.98. The number of aromatic amines is 1. The van der Waals surface area contributed by atoms with Crippen molar-refractivity contribution < 1.29 is 14.3 Å². The van der Waals surface area contributed by atoms with Gasteiger partial charge in [0.25, 0.3) is 0 Å². The molecule has 6 heteroatoms. The predicted molar refractivity (Wildman–Crippen MR) is 124 cm³/mol. The molecule has 1 saturated heterocycles. The van der Waals surface area contributed by atoms with Gasteiger partial charge in [0.1, 0.15) is 24.4 Å². The van der Waals surface area contributed by atoms with Gasteiger partial charge in [-0.2, -0.15) is 0 Å². The lowest BCUT2D eigenvalue weighted by Gasteiger charge is -2.48. The van der Waals surface area contributed by atoms with Gasteiger partial charge in [-0.25, -0.2) is 0 Å². The fourth-order valence-corrected chi connectivity index (χ4v) is 5.20. The minimum absolute atomic E-state index is 0.0180. The quantitative estimate of drug-likeness (QED) is 0.663. The first-order valence-electron chi connectivity index (χ1n) is 11.5. The predicted octanol–water partition coefficient (Wildman–Crippen LogP) is 4.05. The molecule has 2 aliphatic heterocycles. The summed E-state index contributed by atoms with van der Waals surface area (Å²) < 4.78 is 5.95. The second kappa shape index (κ2) is 8.01. The molecule has 3 aromatic rings. The van der Waals surface area contributed by atoms with Gasteiger partial charge < -0.3 is 19.5 Å². The molecule has 3 atom stereocenters. The summed E-state index contributed by atoms with van der Waals surface area (Å²) in [6.07, 6.45) is 1.34. The normalized spacial score (nSPS) is 21.5. The topological polar surface area (TPSA) is 65.6 Å². The van der Waals surface area contributed by atoms with Gasteiger partial charge in [0.2, 0.25) is 11.8 Å². The first kappa shape index (κ1) is 20.6. The zero-order valence-corrected chi connectivity index (χ0v) is 18.8. The molecule has 5 rings (SSSR count). The first-order chi connectivity index (χ1) is 15.5. The van der Waals surface area contributed by atoms with Gasteiger partial charge in [0.05, 0.1) is 6.61 Å². The van der Waals surface area contributed by atoms with Crippen molar-refractivity contribution in [3.05, 3.63) is 65.4 Å². The van der Waals surface area contributed by atoms with E-state index in [9.17, 15) is 9.59 Å². The van der Waals surface area contributed by atoms with Gasteiger partial charge in [0.15, 0.2) is 0 Å². The zero-order valence-electron chi connectivity index (χ0n) is 18.8. The average Bonchev–Trinajstić information content (AvgIpc) is 3.19. The van der Waals surface area contributed by atoms with E-state index < -0.39 is 12.1 Å². The number of amides is 2. The number of rotatable bonds is 5. The van der Waals surface area contributed by atoms with E-state index in [1.807, 2.05) is 56.3 Å². The number of nitrogens with one attached hydrogen (secondary N) is 1. The second-order valence-corrected chi connectivity index (χ2v) is 8.68. The van der Waals surface area contributed by atoms with Crippen LogP contribution in [0.5, 0.6) is 5.75 Å². The number of carbonyl (C=O) groups excluding carboxylic acids is 2. The number of hydrogen-bond donors (Lipinski definition) is 1. The van der Waals surface area contributed by atoms with Crippen molar-refractivity contribution in [2.45, 2.75) is 51.7 Å². The van der Waals surface area contributed by atoms with Gasteiger partial charge in [-0.15, -0.1) is 0 Å². The number of para-hydroxylation sites is 2. The Morgan fingerprint density at radius 1 is 1.09 bits per heavy atom. The molecular formula is C26H29N3O3. The Balaban J connectivity index is 1.72. The molecule has 0 bridgehead atoms. The summed E-state index contributed by atoms with van der Waals surface area (Å²) in [6, 6.07) is 15.1. The molecule has 0 unspecified atom stereocenters. The van der Waals surface area contributed by atoms with Gasteiger partial charge in [0, 0.05) is 34.6 Å². The van der Waals surface area contributed by atoms with Crippen LogP contribution in [0, 0.1) is 0 Å². The molecule has 1 fully saturated rings. The Hall–Kier alpha value is -3.28. The molecule has 0 spiro atoms. The monoisotopic (exact) mass is 431 g/mol. The number of fused-ring (bicyclic) bond motifs is 4. The maximum atomic E-state index is 13.7. The van der Waals surface area contributed by atoms with Crippen molar-refractivity contribution in [2.75, 3.05) is 13.2 Å². The fourth-order valence-electron chi connectivity index (χ4n) is 5.20. The highest BCUT2D eigenvalue weighted by Gasteiger charge is 2.49. The molecule has 3 heterocycles. The van der Waals surface area contributed by atoms with Crippen molar-refractivity contribution in [2.24, 2.45) is 0 Å². The van der Waals surface area contributed by atoms with E-state index in [4.69, 9.17) is 4.74 Å². The van der Waals surface area contributed by atoms with Crippen LogP contribution < -0.4 is 4.74 Å². The van der Waals surface area contributed by atoms with E-state index in [2.05, 4.69) is 18.0 Å². The lowest BCUT2D eigenvalue weighted by Crippen LogP contribution is -2.64. The number of carbonyl (C=O) groups is 2. The Labute approximate surface area is 188 Å². The number of nitrogens with zero attached hydrogens (tertiary/aromatic N) is 2. The highest BCUT2D eigenvalue weighted by atomic mass is 16.5. The second-order valence-electron chi connectivity index (χ2n) is 8.68. The van der Waals surface area contributed by atoms with E-state index in [0.717, 1.165) is 39.9 Å². The van der Waals surface area contributed by atoms with Crippen LogP contribution in [-0.2, 0) is 16.0 Å². The molecule has 0 radical (unpaired) electrons. The van der Waals surface area contributed by atoms with E-state index in [1.165, 1.54) is 0 Å². The number of benzene rings is 2. The third kappa shape index (κ3) is 3.08. The van der Waals surface area contributed by atoms with Crippen LogP contribution in [0.3, 0.4) is 0 Å². The van der Waals surface area contributed by atoms with E-state index in [0.29, 0.717) is 13.0 Å². The Bertz CT molecular complexity index is 1180. The van der Waals surface area contributed by atoms with Crippen LogP contribution >= 0.6 is 0 Å². The summed E-state index contributed by atoms with van der Waals surface area (Å²) in [7, 11) is 0. The van der Waals surface area contributed by atoms with Crippen molar-refractivity contribution in [1.29, 1.82) is 0 Å². The Morgan fingerprint density at radius 3 is 2.62 bits per heavy atom. The summed E-state index contributed by atoms with van der Waals surface area (Å²) in [5.74, 6) is 0.763. The van der Waals surface area contributed by atoms with Crippen LogP contribution in [0.2, 0.25) is 0 Å². The number of ether oxygens (including phenoxy) is 1.